The average molecular weight is 305 g/mol. The maximum atomic E-state index is 6.20. The minimum absolute atomic E-state index is 0.191. The minimum atomic E-state index is -0.191. The normalized spacial score (nSPS) is 12.9. The third kappa shape index (κ3) is 2.70. The van der Waals surface area contributed by atoms with Crippen LogP contribution in [0.5, 0.6) is 0 Å². The van der Waals surface area contributed by atoms with Gasteiger partial charge >= 0.3 is 0 Å². The lowest BCUT2D eigenvalue weighted by Crippen LogP contribution is -2.30. The van der Waals surface area contributed by atoms with Crippen LogP contribution in [0.2, 0.25) is 9.36 Å². The fourth-order valence-electron chi connectivity index (χ4n) is 1.83. The number of hydrogen-bond acceptors (Lipinski definition) is 4. The molecular formula is C11H14Cl2N4S. The van der Waals surface area contributed by atoms with Crippen molar-refractivity contribution in [2.45, 2.75) is 25.9 Å². The third-order valence-corrected chi connectivity index (χ3v) is 4.17. The Hall–Kier alpha value is -0.590. The Labute approximate surface area is 120 Å². The van der Waals surface area contributed by atoms with E-state index in [0.717, 1.165) is 27.9 Å². The second-order valence-electron chi connectivity index (χ2n) is 3.84. The number of nitrogens with zero attached hydrogens (tertiary/aromatic N) is 2. The molecular weight excluding hydrogens is 291 g/mol. The highest BCUT2D eigenvalue weighted by Crippen LogP contribution is 2.33. The molecule has 0 saturated carbocycles. The lowest BCUT2D eigenvalue weighted by molar-refractivity contribution is 0.524. The van der Waals surface area contributed by atoms with Gasteiger partial charge in [-0.15, -0.1) is 11.3 Å². The van der Waals surface area contributed by atoms with Gasteiger partial charge in [-0.05, 0) is 18.6 Å². The Kier molecular flexibility index (Phi) is 4.64. The van der Waals surface area contributed by atoms with Crippen LogP contribution in [0.4, 0.5) is 0 Å². The first kappa shape index (κ1) is 13.8. The predicted molar refractivity (Wildman–Crippen MR) is 76.0 cm³/mol. The molecule has 18 heavy (non-hydrogen) atoms. The molecule has 0 radical (unpaired) electrons. The van der Waals surface area contributed by atoms with E-state index in [1.165, 1.54) is 11.3 Å². The molecule has 0 spiro atoms. The van der Waals surface area contributed by atoms with Crippen LogP contribution in [0.3, 0.4) is 0 Å². The average Bonchev–Trinajstić information content (AvgIpc) is 2.91. The summed E-state index contributed by atoms with van der Waals surface area (Å²) >= 11 is 13.6. The largest absolute Gasteiger partial charge is 0.270 e. The molecule has 2 aromatic heterocycles. The SMILES string of the molecule is CCCn1ncc(Cl)c1C(NN)c1ccc(Cl)s1. The van der Waals surface area contributed by atoms with Gasteiger partial charge < -0.3 is 0 Å². The van der Waals surface area contributed by atoms with Gasteiger partial charge in [-0.3, -0.25) is 10.5 Å². The van der Waals surface area contributed by atoms with Gasteiger partial charge in [0.2, 0.25) is 0 Å². The van der Waals surface area contributed by atoms with Gasteiger partial charge in [0.25, 0.3) is 0 Å². The molecule has 0 saturated heterocycles. The van der Waals surface area contributed by atoms with Crippen molar-refractivity contribution < 1.29 is 0 Å². The molecule has 1 unspecified atom stereocenters. The van der Waals surface area contributed by atoms with Crippen molar-refractivity contribution in [2.24, 2.45) is 5.84 Å². The molecule has 2 heterocycles. The first-order valence-corrected chi connectivity index (χ1v) is 7.17. The summed E-state index contributed by atoms with van der Waals surface area (Å²) in [4.78, 5) is 1.02. The van der Waals surface area contributed by atoms with Crippen LogP contribution in [0, 0.1) is 0 Å². The summed E-state index contributed by atoms with van der Waals surface area (Å²) in [6.45, 7) is 2.89. The van der Waals surface area contributed by atoms with Gasteiger partial charge in [-0.25, -0.2) is 5.43 Å². The molecule has 0 fully saturated rings. The number of nitrogens with one attached hydrogen (secondary N) is 1. The van der Waals surface area contributed by atoms with Crippen LogP contribution >= 0.6 is 34.5 Å². The Morgan fingerprint density at radius 1 is 1.50 bits per heavy atom. The van der Waals surface area contributed by atoms with E-state index < -0.39 is 0 Å². The summed E-state index contributed by atoms with van der Waals surface area (Å²) < 4.78 is 2.60. The third-order valence-electron chi connectivity index (χ3n) is 2.59. The standard InChI is InChI=1S/C11H14Cl2N4S/c1-2-5-17-11(7(12)6-15-17)10(16-14)8-3-4-9(13)18-8/h3-4,6,10,16H,2,5,14H2,1H3. The molecule has 2 rings (SSSR count). The second kappa shape index (κ2) is 6.04. The van der Waals surface area contributed by atoms with Gasteiger partial charge in [0, 0.05) is 11.4 Å². The second-order valence-corrected chi connectivity index (χ2v) is 6.00. The Balaban J connectivity index is 2.41. The Morgan fingerprint density at radius 2 is 2.28 bits per heavy atom. The zero-order chi connectivity index (χ0) is 13.1. The summed E-state index contributed by atoms with van der Waals surface area (Å²) in [5.74, 6) is 5.65. The molecule has 0 bridgehead atoms. The molecule has 0 amide bonds. The van der Waals surface area contributed by atoms with Crippen LogP contribution in [0.25, 0.3) is 0 Å². The molecule has 0 aromatic carbocycles. The number of hydrazine groups is 1. The topological polar surface area (TPSA) is 55.9 Å². The zero-order valence-electron chi connectivity index (χ0n) is 9.86. The van der Waals surface area contributed by atoms with Crippen molar-refractivity contribution >= 4 is 34.5 Å². The molecule has 0 aliphatic heterocycles. The van der Waals surface area contributed by atoms with E-state index in [2.05, 4.69) is 17.4 Å². The quantitative estimate of drug-likeness (QED) is 0.659. The number of hydrogen-bond donors (Lipinski definition) is 2. The lowest BCUT2D eigenvalue weighted by atomic mass is 10.2. The van der Waals surface area contributed by atoms with Crippen LogP contribution in [0.1, 0.15) is 30.0 Å². The van der Waals surface area contributed by atoms with Crippen molar-refractivity contribution in [3.63, 3.8) is 0 Å². The maximum Gasteiger partial charge on any atom is 0.0985 e. The number of rotatable bonds is 5. The number of thiophene rings is 1. The van der Waals surface area contributed by atoms with Crippen LogP contribution in [-0.4, -0.2) is 9.78 Å². The first-order chi connectivity index (χ1) is 8.67. The summed E-state index contributed by atoms with van der Waals surface area (Å²) in [6.07, 6.45) is 2.62. The van der Waals surface area contributed by atoms with E-state index in [-0.39, 0.29) is 6.04 Å². The summed E-state index contributed by atoms with van der Waals surface area (Å²) in [5.41, 5.74) is 3.65. The fraction of sp³-hybridized carbons (Fsp3) is 0.364. The van der Waals surface area contributed by atoms with Crippen molar-refractivity contribution in [1.82, 2.24) is 15.2 Å². The van der Waals surface area contributed by atoms with Crippen molar-refractivity contribution in [3.8, 4) is 0 Å². The molecule has 7 heteroatoms. The van der Waals surface area contributed by atoms with Crippen molar-refractivity contribution in [3.05, 3.63) is 38.3 Å². The zero-order valence-corrected chi connectivity index (χ0v) is 12.2. The van der Waals surface area contributed by atoms with E-state index >= 15 is 0 Å². The van der Waals surface area contributed by atoms with Gasteiger partial charge in [-0.2, -0.15) is 5.10 Å². The van der Waals surface area contributed by atoms with Crippen LogP contribution in [0.15, 0.2) is 18.3 Å². The molecule has 0 aliphatic rings. The van der Waals surface area contributed by atoms with Gasteiger partial charge in [-0.1, -0.05) is 30.1 Å². The maximum absolute atomic E-state index is 6.20. The molecule has 98 valence electrons. The van der Waals surface area contributed by atoms with E-state index in [9.17, 15) is 0 Å². The molecule has 1 atom stereocenters. The molecule has 0 aliphatic carbocycles. The van der Waals surface area contributed by atoms with Crippen molar-refractivity contribution in [2.75, 3.05) is 0 Å². The highest BCUT2D eigenvalue weighted by Gasteiger charge is 2.22. The van der Waals surface area contributed by atoms with E-state index in [1.807, 2.05) is 16.8 Å². The van der Waals surface area contributed by atoms with Gasteiger partial charge in [0.05, 0.1) is 27.3 Å². The van der Waals surface area contributed by atoms with Crippen LogP contribution < -0.4 is 11.3 Å². The highest BCUT2D eigenvalue weighted by molar-refractivity contribution is 7.16. The van der Waals surface area contributed by atoms with E-state index in [0.29, 0.717) is 5.02 Å². The predicted octanol–water partition coefficient (Wildman–Crippen LogP) is 3.21. The molecule has 2 aromatic rings. The number of nitrogens with two attached hydrogens (primary N) is 1. The first-order valence-electron chi connectivity index (χ1n) is 5.60. The number of halogens is 2. The number of aromatic nitrogens is 2. The van der Waals surface area contributed by atoms with Crippen LogP contribution in [-0.2, 0) is 6.54 Å². The molecule has 3 N–H and O–H groups in total. The lowest BCUT2D eigenvalue weighted by Gasteiger charge is -2.16. The van der Waals surface area contributed by atoms with E-state index in [1.54, 1.807) is 6.20 Å². The number of aryl methyl sites for hydroxylation is 1. The summed E-state index contributed by atoms with van der Waals surface area (Å²) in [5, 5.41) is 4.87. The Morgan fingerprint density at radius 3 is 2.83 bits per heavy atom. The highest BCUT2D eigenvalue weighted by atomic mass is 35.5. The monoisotopic (exact) mass is 304 g/mol. The minimum Gasteiger partial charge on any atom is -0.270 e. The summed E-state index contributed by atoms with van der Waals surface area (Å²) in [6, 6.07) is 3.60. The summed E-state index contributed by atoms with van der Waals surface area (Å²) in [7, 11) is 0. The van der Waals surface area contributed by atoms with Gasteiger partial charge in [0.15, 0.2) is 0 Å². The Bertz CT molecular complexity index is 523. The smallest absolute Gasteiger partial charge is 0.0985 e. The van der Waals surface area contributed by atoms with Gasteiger partial charge in [0.1, 0.15) is 0 Å². The van der Waals surface area contributed by atoms with Crippen molar-refractivity contribution in [1.29, 1.82) is 0 Å². The van der Waals surface area contributed by atoms with E-state index in [4.69, 9.17) is 29.0 Å². The fourth-order valence-corrected chi connectivity index (χ4v) is 3.20. The molecule has 4 nitrogen and oxygen atoms in total.